The first-order valence-corrected chi connectivity index (χ1v) is 17.7. The number of aromatic nitrogens is 2. The molecule has 8 aromatic carbocycles. The highest BCUT2D eigenvalue weighted by Crippen LogP contribution is 2.50. The Bertz CT molecular complexity index is 2830. The van der Waals surface area contributed by atoms with Gasteiger partial charge < -0.3 is 0 Å². The number of fused-ring (bicyclic) bond motifs is 7. The molecule has 0 saturated heterocycles. The highest BCUT2D eigenvalue weighted by molar-refractivity contribution is 6.21. The second-order valence-corrected chi connectivity index (χ2v) is 14.2. The van der Waals surface area contributed by atoms with Crippen LogP contribution in [0.15, 0.2) is 170 Å². The van der Waals surface area contributed by atoms with E-state index in [0.29, 0.717) is 0 Å². The average molecular weight is 651 g/mol. The van der Waals surface area contributed by atoms with Crippen LogP contribution in [0.4, 0.5) is 0 Å². The van der Waals surface area contributed by atoms with Gasteiger partial charge in [0.2, 0.25) is 0 Å². The third-order valence-electron chi connectivity index (χ3n) is 10.9. The van der Waals surface area contributed by atoms with Crippen LogP contribution in [0.1, 0.15) is 25.0 Å². The fraction of sp³-hybridized carbons (Fsp3) is 0.0612. The molecule has 0 spiro atoms. The van der Waals surface area contributed by atoms with Crippen molar-refractivity contribution in [3.05, 3.63) is 181 Å². The molecule has 1 heterocycles. The highest BCUT2D eigenvalue weighted by Gasteiger charge is 2.35. The van der Waals surface area contributed by atoms with Crippen LogP contribution in [0.25, 0.3) is 88.5 Å². The van der Waals surface area contributed by atoms with Gasteiger partial charge >= 0.3 is 0 Å². The van der Waals surface area contributed by atoms with E-state index in [1.165, 1.54) is 54.7 Å². The van der Waals surface area contributed by atoms with Crippen LogP contribution in [0.3, 0.4) is 0 Å². The molecule has 0 saturated carbocycles. The van der Waals surface area contributed by atoms with Crippen LogP contribution in [0.5, 0.6) is 0 Å². The van der Waals surface area contributed by atoms with Gasteiger partial charge in [0.25, 0.3) is 0 Å². The molecule has 240 valence electrons. The molecule has 0 atom stereocenters. The van der Waals surface area contributed by atoms with E-state index < -0.39 is 0 Å². The molecule has 0 radical (unpaired) electrons. The Morgan fingerprint density at radius 1 is 0.392 bits per heavy atom. The SMILES string of the molecule is CC1(C)c2ccccc2-c2ccc(-c3ccccc3-c3cc(-c4ccccc4)nc(-c4c5ccccc5cc5ccc6ccccc6c45)n3)cc21. The van der Waals surface area contributed by atoms with E-state index in [9.17, 15) is 0 Å². The fourth-order valence-corrected chi connectivity index (χ4v) is 8.36. The molecule has 0 bridgehead atoms. The molecule has 2 heteroatoms. The predicted molar refractivity (Wildman–Crippen MR) is 214 cm³/mol. The summed E-state index contributed by atoms with van der Waals surface area (Å²) in [6.45, 7) is 4.68. The second kappa shape index (κ2) is 11.3. The molecule has 0 aliphatic heterocycles. The third kappa shape index (κ3) is 4.64. The van der Waals surface area contributed by atoms with Gasteiger partial charge in [0.05, 0.1) is 11.4 Å². The standard InChI is InChI=1S/C49H34N2/c1-49(2)42-23-13-12-21-39(42)40-27-26-34(29-43(40)49)36-18-10-11-22-41(36)45-30-44(32-15-4-3-5-16-32)50-48(51-45)47-38-20-9-7-17-33(38)28-35-25-24-31-14-6-8-19-37(31)46(35)47/h3-30H,1-2H3. The Balaban J connectivity index is 1.25. The molecule has 9 aromatic rings. The van der Waals surface area contributed by atoms with Crippen LogP contribution < -0.4 is 0 Å². The van der Waals surface area contributed by atoms with Gasteiger partial charge in [-0.05, 0) is 78.5 Å². The van der Waals surface area contributed by atoms with Crippen molar-refractivity contribution in [1.29, 1.82) is 0 Å². The zero-order valence-corrected chi connectivity index (χ0v) is 28.6. The molecule has 51 heavy (non-hydrogen) atoms. The number of nitrogens with zero attached hydrogens (tertiary/aromatic N) is 2. The van der Waals surface area contributed by atoms with Gasteiger partial charge in [0.1, 0.15) is 0 Å². The molecule has 1 aromatic heterocycles. The second-order valence-electron chi connectivity index (χ2n) is 14.2. The molecular weight excluding hydrogens is 617 g/mol. The van der Waals surface area contributed by atoms with E-state index in [0.717, 1.165) is 44.9 Å². The van der Waals surface area contributed by atoms with Crippen LogP contribution in [0.2, 0.25) is 0 Å². The van der Waals surface area contributed by atoms with Crippen LogP contribution in [-0.2, 0) is 5.41 Å². The summed E-state index contributed by atoms with van der Waals surface area (Å²) in [6, 6.07) is 61.2. The smallest absolute Gasteiger partial charge is 0.161 e. The zero-order chi connectivity index (χ0) is 34.1. The minimum Gasteiger partial charge on any atom is -0.228 e. The molecule has 1 aliphatic carbocycles. The average Bonchev–Trinajstić information content (AvgIpc) is 3.42. The Morgan fingerprint density at radius 2 is 1.02 bits per heavy atom. The highest BCUT2D eigenvalue weighted by atomic mass is 14.9. The molecule has 1 aliphatic rings. The molecule has 0 N–H and O–H groups in total. The lowest BCUT2D eigenvalue weighted by atomic mass is 9.81. The molecule has 2 nitrogen and oxygen atoms in total. The van der Waals surface area contributed by atoms with E-state index >= 15 is 0 Å². The van der Waals surface area contributed by atoms with Crippen LogP contribution in [0, 0.1) is 0 Å². The lowest BCUT2D eigenvalue weighted by molar-refractivity contribution is 0.660. The van der Waals surface area contributed by atoms with Crippen molar-refractivity contribution in [1.82, 2.24) is 9.97 Å². The Kier molecular flexibility index (Phi) is 6.56. The topological polar surface area (TPSA) is 25.8 Å². The van der Waals surface area contributed by atoms with E-state index in [4.69, 9.17) is 9.97 Å². The summed E-state index contributed by atoms with van der Waals surface area (Å²) in [5, 5.41) is 7.08. The fourth-order valence-electron chi connectivity index (χ4n) is 8.36. The largest absolute Gasteiger partial charge is 0.228 e. The van der Waals surface area contributed by atoms with Crippen LogP contribution in [-0.4, -0.2) is 9.97 Å². The lowest BCUT2D eigenvalue weighted by Gasteiger charge is -2.22. The van der Waals surface area contributed by atoms with Gasteiger partial charge in [-0.15, -0.1) is 0 Å². The summed E-state index contributed by atoms with van der Waals surface area (Å²) < 4.78 is 0. The maximum atomic E-state index is 5.52. The van der Waals surface area contributed by atoms with Gasteiger partial charge in [-0.2, -0.15) is 0 Å². The minimum atomic E-state index is -0.0857. The van der Waals surface area contributed by atoms with Crippen LogP contribution >= 0.6 is 0 Å². The number of hydrogen-bond acceptors (Lipinski definition) is 2. The Morgan fingerprint density at radius 3 is 1.86 bits per heavy atom. The van der Waals surface area contributed by atoms with Crippen molar-refractivity contribution in [2.45, 2.75) is 19.3 Å². The predicted octanol–water partition coefficient (Wildman–Crippen LogP) is 12.9. The van der Waals surface area contributed by atoms with Gasteiger partial charge in [-0.1, -0.05) is 166 Å². The van der Waals surface area contributed by atoms with Gasteiger partial charge in [0, 0.05) is 27.5 Å². The molecule has 0 fully saturated rings. The van der Waals surface area contributed by atoms with Crippen molar-refractivity contribution < 1.29 is 0 Å². The van der Waals surface area contributed by atoms with Gasteiger partial charge in [-0.3, -0.25) is 0 Å². The van der Waals surface area contributed by atoms with Crippen molar-refractivity contribution >= 4 is 32.3 Å². The van der Waals surface area contributed by atoms with Crippen molar-refractivity contribution in [3.63, 3.8) is 0 Å². The monoisotopic (exact) mass is 650 g/mol. The van der Waals surface area contributed by atoms with Crippen molar-refractivity contribution in [2.75, 3.05) is 0 Å². The number of benzene rings is 8. The summed E-state index contributed by atoms with van der Waals surface area (Å²) in [6.07, 6.45) is 0. The maximum absolute atomic E-state index is 5.52. The van der Waals surface area contributed by atoms with Crippen molar-refractivity contribution in [3.8, 4) is 56.2 Å². The zero-order valence-electron chi connectivity index (χ0n) is 28.6. The van der Waals surface area contributed by atoms with Crippen molar-refractivity contribution in [2.24, 2.45) is 0 Å². The summed E-state index contributed by atoms with van der Waals surface area (Å²) in [5.41, 5.74) is 12.7. The minimum absolute atomic E-state index is 0.0857. The Hall–Kier alpha value is -6.38. The van der Waals surface area contributed by atoms with Gasteiger partial charge in [0.15, 0.2) is 5.82 Å². The number of rotatable bonds is 4. The first-order chi connectivity index (χ1) is 25.0. The summed E-state index contributed by atoms with van der Waals surface area (Å²) in [5.74, 6) is 0.727. The third-order valence-corrected chi connectivity index (χ3v) is 10.9. The summed E-state index contributed by atoms with van der Waals surface area (Å²) in [7, 11) is 0. The van der Waals surface area contributed by atoms with E-state index in [1.54, 1.807) is 0 Å². The number of hydrogen-bond donors (Lipinski definition) is 0. The molecule has 10 rings (SSSR count). The molecular formula is C49H34N2. The Labute approximate surface area is 297 Å². The quantitative estimate of drug-likeness (QED) is 0.140. The summed E-state index contributed by atoms with van der Waals surface area (Å²) >= 11 is 0. The lowest BCUT2D eigenvalue weighted by Crippen LogP contribution is -2.14. The first kappa shape index (κ1) is 29.5. The first-order valence-electron chi connectivity index (χ1n) is 17.7. The van der Waals surface area contributed by atoms with E-state index in [-0.39, 0.29) is 5.41 Å². The van der Waals surface area contributed by atoms with E-state index in [1.807, 2.05) is 0 Å². The van der Waals surface area contributed by atoms with Gasteiger partial charge in [-0.25, -0.2) is 9.97 Å². The summed E-state index contributed by atoms with van der Waals surface area (Å²) in [4.78, 5) is 10.9. The molecule has 0 unspecified atom stereocenters. The van der Waals surface area contributed by atoms with E-state index in [2.05, 4.69) is 184 Å². The molecule has 0 amide bonds. The maximum Gasteiger partial charge on any atom is 0.161 e. The normalized spacial score (nSPS) is 13.1.